The second-order valence-corrected chi connectivity index (χ2v) is 11.1. The Labute approximate surface area is 247 Å². The molecule has 0 amide bonds. The van der Waals surface area contributed by atoms with Crippen LogP contribution in [0, 0.1) is 28.7 Å². The summed E-state index contributed by atoms with van der Waals surface area (Å²) in [6.07, 6.45) is 2.53. The second kappa shape index (κ2) is 10.8. The molecule has 0 spiro atoms. The Hall–Kier alpha value is -5.77. The number of nitrogens with zero attached hydrogens (tertiary/aromatic N) is 6. The van der Waals surface area contributed by atoms with Gasteiger partial charge in [-0.2, -0.15) is 0 Å². The highest BCUT2D eigenvalue weighted by Gasteiger charge is 2.23. The zero-order valence-electron chi connectivity index (χ0n) is 22.8. The van der Waals surface area contributed by atoms with E-state index in [1.165, 1.54) is 48.3 Å². The minimum absolute atomic E-state index is 0.0870. The molecule has 44 heavy (non-hydrogen) atoms. The van der Waals surface area contributed by atoms with Crippen molar-refractivity contribution < 1.29 is 26.9 Å². The largest absolute Gasteiger partial charge is 0.497 e. The van der Waals surface area contributed by atoms with Gasteiger partial charge in [0.15, 0.2) is 17.2 Å². The first-order chi connectivity index (χ1) is 21.1. The SMILES string of the molecule is COc1ccc(S(=O)(=O)Nc2ccc(F)c(Nc3ncnc4ccc(-n5cnc6c([N+](=O)[O-])cccc65)nc34)c2F)c(C)c1. The van der Waals surface area contributed by atoms with Gasteiger partial charge in [-0.05, 0) is 61.0 Å². The monoisotopic (exact) mass is 618 g/mol. The van der Waals surface area contributed by atoms with Gasteiger partial charge in [0.25, 0.3) is 15.7 Å². The maximum Gasteiger partial charge on any atom is 0.297 e. The van der Waals surface area contributed by atoms with E-state index in [1.807, 2.05) is 0 Å². The van der Waals surface area contributed by atoms with Crippen LogP contribution < -0.4 is 14.8 Å². The zero-order chi connectivity index (χ0) is 31.2. The first-order valence-corrected chi connectivity index (χ1v) is 14.2. The third-order valence-corrected chi connectivity index (χ3v) is 8.24. The van der Waals surface area contributed by atoms with Crippen molar-refractivity contribution in [3.63, 3.8) is 0 Å². The van der Waals surface area contributed by atoms with Gasteiger partial charge in [-0.25, -0.2) is 37.1 Å². The van der Waals surface area contributed by atoms with Gasteiger partial charge in [-0.1, -0.05) is 6.07 Å². The first kappa shape index (κ1) is 28.4. The Morgan fingerprint density at radius 2 is 1.82 bits per heavy atom. The van der Waals surface area contributed by atoms with Gasteiger partial charge in [0.2, 0.25) is 0 Å². The van der Waals surface area contributed by atoms with Crippen LogP contribution in [0.25, 0.3) is 27.9 Å². The molecule has 6 aromatic rings. The number of anilines is 3. The zero-order valence-corrected chi connectivity index (χ0v) is 23.6. The molecule has 0 bridgehead atoms. The quantitative estimate of drug-likeness (QED) is 0.166. The number of ether oxygens (including phenoxy) is 1. The number of imidazole rings is 1. The highest BCUT2D eigenvalue weighted by atomic mass is 32.2. The summed E-state index contributed by atoms with van der Waals surface area (Å²) < 4.78 is 65.6. The van der Waals surface area contributed by atoms with Crippen molar-refractivity contribution in [3.8, 4) is 11.6 Å². The number of halogens is 2. The molecule has 16 heteroatoms. The molecule has 3 aromatic heterocycles. The number of nitro groups is 1. The van der Waals surface area contributed by atoms with Crippen molar-refractivity contribution in [1.82, 2.24) is 24.5 Å². The molecular formula is C28H20F2N8O5S. The lowest BCUT2D eigenvalue weighted by Gasteiger charge is -2.15. The molecule has 0 radical (unpaired) electrons. The molecule has 0 saturated carbocycles. The highest BCUT2D eigenvalue weighted by Crippen LogP contribution is 2.33. The number of hydrogen-bond acceptors (Lipinski definition) is 10. The molecule has 2 N–H and O–H groups in total. The van der Waals surface area contributed by atoms with Crippen LogP contribution in [0.4, 0.5) is 31.7 Å². The lowest BCUT2D eigenvalue weighted by atomic mass is 10.2. The molecule has 3 aromatic carbocycles. The number of para-hydroxylation sites is 1. The normalized spacial score (nSPS) is 11.5. The van der Waals surface area contributed by atoms with Crippen molar-refractivity contribution in [2.75, 3.05) is 17.1 Å². The van der Waals surface area contributed by atoms with Gasteiger partial charge in [0.05, 0.1) is 33.6 Å². The van der Waals surface area contributed by atoms with Crippen LogP contribution in [0.2, 0.25) is 0 Å². The maximum atomic E-state index is 15.7. The predicted octanol–water partition coefficient (Wildman–Crippen LogP) is 5.41. The molecule has 6 rings (SSSR count). The highest BCUT2D eigenvalue weighted by molar-refractivity contribution is 7.92. The van der Waals surface area contributed by atoms with E-state index in [2.05, 4.69) is 30.0 Å². The van der Waals surface area contributed by atoms with Crippen molar-refractivity contribution in [2.45, 2.75) is 11.8 Å². The third-order valence-electron chi connectivity index (χ3n) is 6.72. The minimum atomic E-state index is -4.27. The van der Waals surface area contributed by atoms with Crippen molar-refractivity contribution in [2.24, 2.45) is 0 Å². The fourth-order valence-corrected chi connectivity index (χ4v) is 5.91. The molecule has 0 aliphatic carbocycles. The van der Waals surface area contributed by atoms with Gasteiger partial charge < -0.3 is 10.1 Å². The van der Waals surface area contributed by atoms with E-state index in [0.29, 0.717) is 22.3 Å². The van der Waals surface area contributed by atoms with Crippen molar-refractivity contribution in [1.29, 1.82) is 0 Å². The van der Waals surface area contributed by atoms with Crippen LogP contribution in [-0.2, 0) is 10.0 Å². The molecule has 0 atom stereocenters. The molecule has 0 unspecified atom stereocenters. The fraction of sp³-hybridized carbons (Fsp3) is 0.0714. The smallest absolute Gasteiger partial charge is 0.297 e. The number of pyridine rings is 1. The summed E-state index contributed by atoms with van der Waals surface area (Å²) in [6.45, 7) is 1.56. The number of methoxy groups -OCH3 is 1. The lowest BCUT2D eigenvalue weighted by Crippen LogP contribution is -2.16. The molecule has 0 saturated heterocycles. The van der Waals surface area contributed by atoms with Gasteiger partial charge >= 0.3 is 0 Å². The summed E-state index contributed by atoms with van der Waals surface area (Å²) in [5.41, 5.74) is -0.0547. The predicted molar refractivity (Wildman–Crippen MR) is 157 cm³/mol. The number of aryl methyl sites for hydroxylation is 1. The van der Waals surface area contributed by atoms with Crippen LogP contribution in [-0.4, -0.2) is 45.0 Å². The molecule has 0 aliphatic heterocycles. The number of sulfonamides is 1. The number of nitro benzene ring substituents is 1. The number of nitrogens with one attached hydrogen (secondary N) is 2. The van der Waals surface area contributed by atoms with Crippen LogP contribution in [0.1, 0.15) is 5.56 Å². The van der Waals surface area contributed by atoms with Gasteiger partial charge in [0, 0.05) is 6.07 Å². The van der Waals surface area contributed by atoms with Crippen LogP contribution >= 0.6 is 0 Å². The molecule has 13 nitrogen and oxygen atoms in total. The van der Waals surface area contributed by atoms with E-state index < -0.39 is 38.0 Å². The average molecular weight is 619 g/mol. The van der Waals surface area contributed by atoms with Gasteiger partial charge in [-0.3, -0.25) is 19.4 Å². The molecule has 0 fully saturated rings. The van der Waals surface area contributed by atoms with E-state index in [0.717, 1.165) is 18.5 Å². The minimum Gasteiger partial charge on any atom is -0.497 e. The van der Waals surface area contributed by atoms with Gasteiger partial charge in [0.1, 0.15) is 41.2 Å². The summed E-state index contributed by atoms with van der Waals surface area (Å²) >= 11 is 0. The fourth-order valence-electron chi connectivity index (χ4n) is 4.62. The molecule has 3 heterocycles. The van der Waals surface area contributed by atoms with Crippen molar-refractivity contribution in [3.05, 3.63) is 101 Å². The van der Waals surface area contributed by atoms with Crippen LogP contribution in [0.3, 0.4) is 0 Å². The summed E-state index contributed by atoms with van der Waals surface area (Å²) in [5.74, 6) is -1.62. The Morgan fingerprint density at radius 3 is 2.57 bits per heavy atom. The summed E-state index contributed by atoms with van der Waals surface area (Å²) in [5, 5.41) is 14.0. The Bertz CT molecular complexity index is 2230. The van der Waals surface area contributed by atoms with Crippen LogP contribution in [0.5, 0.6) is 5.75 Å². The number of aromatic nitrogens is 5. The first-order valence-electron chi connectivity index (χ1n) is 12.7. The number of rotatable bonds is 8. The third kappa shape index (κ3) is 4.96. The average Bonchev–Trinajstić information content (AvgIpc) is 3.44. The summed E-state index contributed by atoms with van der Waals surface area (Å²) in [6, 6.07) is 13.8. The van der Waals surface area contributed by atoms with E-state index >= 15 is 4.39 Å². The molecule has 222 valence electrons. The Morgan fingerprint density at radius 1 is 1.00 bits per heavy atom. The Kier molecular flexibility index (Phi) is 6.97. The number of non-ortho nitro benzene ring substituents is 1. The lowest BCUT2D eigenvalue weighted by molar-refractivity contribution is -0.383. The van der Waals surface area contributed by atoms with E-state index in [1.54, 1.807) is 25.1 Å². The Balaban J connectivity index is 1.38. The maximum absolute atomic E-state index is 15.7. The van der Waals surface area contributed by atoms with E-state index in [9.17, 15) is 22.9 Å². The molecule has 0 aliphatic rings. The molecular weight excluding hydrogens is 598 g/mol. The number of hydrogen-bond donors (Lipinski definition) is 2. The second-order valence-electron chi connectivity index (χ2n) is 9.42. The van der Waals surface area contributed by atoms with Gasteiger partial charge in [-0.15, -0.1) is 0 Å². The standard InChI is InChI=1S/C28H20F2N8O5S/c1-15-12-16(43-2)6-10-22(15)44(41,42)36-18-8-7-17(29)25(24(18)30)35-28-26-19(31-13-32-28)9-11-23(34-26)37-14-33-27-20(37)4-3-5-21(27)38(39)40/h3-14,36H,1-2H3,(H,31,32,35). The topological polar surface area (TPSA) is 167 Å². The number of benzene rings is 3. The van der Waals surface area contributed by atoms with E-state index in [-0.39, 0.29) is 33.3 Å². The number of fused-ring (bicyclic) bond motifs is 2. The van der Waals surface area contributed by atoms with E-state index in [4.69, 9.17) is 4.74 Å². The van der Waals surface area contributed by atoms with Crippen molar-refractivity contribution >= 4 is 55.0 Å². The summed E-state index contributed by atoms with van der Waals surface area (Å²) in [7, 11) is -2.83. The summed E-state index contributed by atoms with van der Waals surface area (Å²) in [4.78, 5) is 27.7. The van der Waals surface area contributed by atoms with Crippen LogP contribution in [0.15, 0.2) is 78.2 Å².